The average molecular weight is 459 g/mol. The number of nitrogens with zero attached hydrogens (tertiary/aromatic N) is 1. The quantitative estimate of drug-likeness (QED) is 0.443. The standard InChI is InChI=1S/C22H26Cl3NO3/c1-22(2,14-23)21(27)26(10-9-16-6-7-17(24)12-18(16)25)13-15-5-8-19(28-3)20(11-15)29-4/h5-8,11-12H,9-10,13-14H2,1-4H3. The molecule has 158 valence electrons. The zero-order chi connectivity index (χ0) is 21.6. The number of ether oxygens (including phenoxy) is 2. The van der Waals surface area contributed by atoms with Crippen molar-refractivity contribution < 1.29 is 14.3 Å². The number of alkyl halides is 1. The second-order valence-electron chi connectivity index (χ2n) is 7.42. The maximum absolute atomic E-state index is 13.2. The molecule has 2 aromatic rings. The molecule has 0 aliphatic heterocycles. The first-order valence-corrected chi connectivity index (χ1v) is 10.5. The van der Waals surface area contributed by atoms with Gasteiger partial charge in [0.15, 0.2) is 11.5 Å². The zero-order valence-electron chi connectivity index (χ0n) is 17.1. The van der Waals surface area contributed by atoms with Crippen molar-refractivity contribution in [2.45, 2.75) is 26.8 Å². The number of carbonyl (C=O) groups is 1. The molecule has 0 saturated heterocycles. The van der Waals surface area contributed by atoms with Crippen LogP contribution in [-0.4, -0.2) is 37.5 Å². The Balaban J connectivity index is 2.26. The Morgan fingerprint density at radius 2 is 1.72 bits per heavy atom. The van der Waals surface area contributed by atoms with Gasteiger partial charge in [0.25, 0.3) is 0 Å². The predicted octanol–water partition coefficient (Wildman–Crippen LogP) is 5.85. The molecule has 0 heterocycles. The van der Waals surface area contributed by atoms with E-state index in [9.17, 15) is 4.79 Å². The van der Waals surface area contributed by atoms with Gasteiger partial charge in [0.2, 0.25) is 5.91 Å². The second kappa shape index (κ2) is 10.4. The van der Waals surface area contributed by atoms with Gasteiger partial charge in [-0.3, -0.25) is 4.79 Å². The molecule has 0 radical (unpaired) electrons. The first kappa shape index (κ1) is 23.7. The fraction of sp³-hybridized carbons (Fsp3) is 0.409. The van der Waals surface area contributed by atoms with Gasteiger partial charge in [0, 0.05) is 29.0 Å². The Bertz CT molecular complexity index is 855. The summed E-state index contributed by atoms with van der Waals surface area (Å²) in [6.45, 7) is 4.61. The lowest BCUT2D eigenvalue weighted by Gasteiger charge is -2.31. The van der Waals surface area contributed by atoms with Gasteiger partial charge in [-0.1, -0.05) is 35.3 Å². The van der Waals surface area contributed by atoms with E-state index in [1.54, 1.807) is 31.3 Å². The highest BCUT2D eigenvalue weighted by molar-refractivity contribution is 6.35. The third-order valence-corrected chi connectivity index (χ3v) is 5.94. The average Bonchev–Trinajstić information content (AvgIpc) is 2.71. The molecule has 7 heteroatoms. The number of carbonyl (C=O) groups excluding carboxylic acids is 1. The summed E-state index contributed by atoms with van der Waals surface area (Å²) in [4.78, 5) is 15.0. The fourth-order valence-corrected chi connectivity index (χ4v) is 3.53. The Morgan fingerprint density at radius 1 is 1.03 bits per heavy atom. The van der Waals surface area contributed by atoms with E-state index in [2.05, 4.69) is 0 Å². The molecule has 29 heavy (non-hydrogen) atoms. The molecular formula is C22H26Cl3NO3. The van der Waals surface area contributed by atoms with Gasteiger partial charge in [-0.25, -0.2) is 0 Å². The van der Waals surface area contributed by atoms with Gasteiger partial charge in [-0.2, -0.15) is 0 Å². The predicted molar refractivity (Wildman–Crippen MR) is 120 cm³/mol. The summed E-state index contributed by atoms with van der Waals surface area (Å²) >= 11 is 18.3. The number of methoxy groups -OCH3 is 2. The van der Waals surface area contributed by atoms with Gasteiger partial charge >= 0.3 is 0 Å². The Kier molecular flexibility index (Phi) is 8.50. The lowest BCUT2D eigenvalue weighted by molar-refractivity contribution is -0.139. The highest BCUT2D eigenvalue weighted by Gasteiger charge is 2.31. The molecule has 1 amide bonds. The molecular weight excluding hydrogens is 433 g/mol. The number of hydrogen-bond donors (Lipinski definition) is 0. The molecule has 0 unspecified atom stereocenters. The number of amides is 1. The van der Waals surface area contributed by atoms with Crippen LogP contribution >= 0.6 is 34.8 Å². The van der Waals surface area contributed by atoms with Crippen LogP contribution in [0.2, 0.25) is 10.0 Å². The SMILES string of the molecule is COc1ccc(CN(CCc2ccc(Cl)cc2Cl)C(=O)C(C)(C)CCl)cc1OC. The van der Waals surface area contributed by atoms with Crippen LogP contribution in [-0.2, 0) is 17.8 Å². The van der Waals surface area contributed by atoms with Crippen LogP contribution in [0.1, 0.15) is 25.0 Å². The first-order valence-electron chi connectivity index (χ1n) is 9.22. The second-order valence-corrected chi connectivity index (χ2v) is 8.53. The van der Waals surface area contributed by atoms with E-state index in [-0.39, 0.29) is 11.8 Å². The van der Waals surface area contributed by atoms with Crippen molar-refractivity contribution in [3.05, 3.63) is 57.6 Å². The molecule has 0 aromatic heterocycles. The summed E-state index contributed by atoms with van der Waals surface area (Å²) in [5, 5.41) is 1.17. The van der Waals surface area contributed by atoms with Crippen molar-refractivity contribution in [1.29, 1.82) is 0 Å². The summed E-state index contributed by atoms with van der Waals surface area (Å²) in [6, 6.07) is 11.0. The van der Waals surface area contributed by atoms with E-state index in [4.69, 9.17) is 44.3 Å². The fourth-order valence-electron chi connectivity index (χ4n) is 2.92. The molecule has 0 atom stereocenters. The third kappa shape index (κ3) is 6.18. The van der Waals surface area contributed by atoms with Crippen molar-refractivity contribution in [3.63, 3.8) is 0 Å². The number of benzene rings is 2. The molecule has 0 fully saturated rings. The molecule has 0 spiro atoms. The van der Waals surface area contributed by atoms with Crippen molar-refractivity contribution in [1.82, 2.24) is 4.90 Å². The van der Waals surface area contributed by atoms with Crippen molar-refractivity contribution in [2.24, 2.45) is 5.41 Å². The minimum Gasteiger partial charge on any atom is -0.493 e. The van der Waals surface area contributed by atoms with Crippen LogP contribution in [0, 0.1) is 5.41 Å². The van der Waals surface area contributed by atoms with Crippen molar-refractivity contribution in [2.75, 3.05) is 26.6 Å². The van der Waals surface area contributed by atoms with Gasteiger partial charge in [-0.15, -0.1) is 11.6 Å². The largest absolute Gasteiger partial charge is 0.493 e. The van der Waals surface area contributed by atoms with Gasteiger partial charge in [0.1, 0.15) is 0 Å². The van der Waals surface area contributed by atoms with Crippen molar-refractivity contribution in [3.8, 4) is 11.5 Å². The summed E-state index contributed by atoms with van der Waals surface area (Å²) in [7, 11) is 3.18. The lowest BCUT2D eigenvalue weighted by atomic mass is 9.93. The van der Waals surface area contributed by atoms with Crippen LogP contribution in [0.15, 0.2) is 36.4 Å². The molecule has 0 saturated carbocycles. The van der Waals surface area contributed by atoms with E-state index in [1.165, 1.54) is 0 Å². The van der Waals surface area contributed by atoms with E-state index in [1.807, 2.05) is 38.1 Å². The Morgan fingerprint density at radius 3 is 2.31 bits per heavy atom. The summed E-state index contributed by atoms with van der Waals surface area (Å²) in [5.41, 5.74) is 1.19. The monoisotopic (exact) mass is 457 g/mol. The normalized spacial score (nSPS) is 11.3. The maximum atomic E-state index is 13.2. The molecule has 4 nitrogen and oxygen atoms in total. The Labute approximate surface area is 187 Å². The van der Waals surface area contributed by atoms with E-state index in [0.29, 0.717) is 41.1 Å². The molecule has 2 rings (SSSR count). The van der Waals surface area contributed by atoms with Crippen molar-refractivity contribution >= 4 is 40.7 Å². The van der Waals surface area contributed by atoms with Gasteiger partial charge < -0.3 is 14.4 Å². The molecule has 0 bridgehead atoms. The molecule has 2 aromatic carbocycles. The minimum atomic E-state index is -0.679. The minimum absolute atomic E-state index is 0.0210. The third-order valence-electron chi connectivity index (χ3n) is 4.69. The summed E-state index contributed by atoms with van der Waals surface area (Å²) < 4.78 is 10.7. The van der Waals surface area contributed by atoms with Gasteiger partial charge in [-0.05, 0) is 55.7 Å². The maximum Gasteiger partial charge on any atom is 0.229 e. The topological polar surface area (TPSA) is 38.8 Å². The molecule has 0 aliphatic rings. The van der Waals surface area contributed by atoms with E-state index in [0.717, 1.165) is 11.1 Å². The summed E-state index contributed by atoms with van der Waals surface area (Å²) in [5.74, 6) is 1.47. The van der Waals surface area contributed by atoms with E-state index < -0.39 is 5.41 Å². The highest BCUT2D eigenvalue weighted by Crippen LogP contribution is 2.29. The van der Waals surface area contributed by atoms with Crippen LogP contribution in [0.3, 0.4) is 0 Å². The number of rotatable bonds is 9. The van der Waals surface area contributed by atoms with Gasteiger partial charge in [0.05, 0.1) is 19.6 Å². The smallest absolute Gasteiger partial charge is 0.229 e. The Hall–Kier alpha value is -1.62. The zero-order valence-corrected chi connectivity index (χ0v) is 19.4. The molecule has 0 N–H and O–H groups in total. The van der Waals surface area contributed by atoms with Crippen LogP contribution in [0.4, 0.5) is 0 Å². The van der Waals surface area contributed by atoms with Crippen LogP contribution in [0.5, 0.6) is 11.5 Å². The van der Waals surface area contributed by atoms with Crippen LogP contribution in [0.25, 0.3) is 0 Å². The van der Waals surface area contributed by atoms with Crippen LogP contribution < -0.4 is 9.47 Å². The lowest BCUT2D eigenvalue weighted by Crippen LogP contribution is -2.42. The van der Waals surface area contributed by atoms with E-state index >= 15 is 0 Å². The number of halogens is 3. The molecule has 0 aliphatic carbocycles. The highest BCUT2D eigenvalue weighted by atomic mass is 35.5. The first-order chi connectivity index (χ1) is 13.7. The number of hydrogen-bond acceptors (Lipinski definition) is 3. The summed E-state index contributed by atoms with van der Waals surface area (Å²) in [6.07, 6.45) is 0.605.